The van der Waals surface area contributed by atoms with E-state index in [2.05, 4.69) is 40.8 Å². The van der Waals surface area contributed by atoms with Crippen LogP contribution < -0.4 is 11.2 Å². The normalized spacial score (nSPS) is 11.5. The van der Waals surface area contributed by atoms with E-state index >= 15 is 0 Å². The van der Waals surface area contributed by atoms with Gasteiger partial charge < -0.3 is 5.73 Å². The number of hydrazone groups is 1. The van der Waals surface area contributed by atoms with Crippen LogP contribution in [0.5, 0.6) is 0 Å². The van der Waals surface area contributed by atoms with E-state index in [0.29, 0.717) is 17.2 Å². The molecule has 32 heavy (non-hydrogen) atoms. The lowest BCUT2D eigenvalue weighted by atomic mass is 10.2. The number of thioether (sulfide) groups is 1. The van der Waals surface area contributed by atoms with Crippen molar-refractivity contribution in [3.8, 4) is 5.82 Å². The Bertz CT molecular complexity index is 1250. The quantitative estimate of drug-likeness (QED) is 0.246. The van der Waals surface area contributed by atoms with Gasteiger partial charge >= 0.3 is 0 Å². The zero-order chi connectivity index (χ0) is 22.5. The van der Waals surface area contributed by atoms with Gasteiger partial charge in [-0.1, -0.05) is 29.0 Å². The van der Waals surface area contributed by atoms with Crippen LogP contribution in [0.2, 0.25) is 0 Å². The molecule has 1 amide bonds. The number of anilines is 1. The Hall–Kier alpha value is -4.06. The van der Waals surface area contributed by atoms with Gasteiger partial charge in [-0.15, -0.1) is 16.9 Å². The van der Waals surface area contributed by atoms with Crippen molar-refractivity contribution in [3.05, 3.63) is 71.3 Å². The number of amides is 1. The third kappa shape index (κ3) is 4.64. The van der Waals surface area contributed by atoms with Crippen LogP contribution in [0.15, 0.2) is 63.4 Å². The summed E-state index contributed by atoms with van der Waals surface area (Å²) in [6, 6.07) is 11.7. The summed E-state index contributed by atoms with van der Waals surface area (Å²) < 4.78 is 6.03. The largest absolute Gasteiger partial charge is 0.378 e. The Morgan fingerprint density at radius 1 is 1.25 bits per heavy atom. The first-order valence-electron chi connectivity index (χ1n) is 9.50. The number of hydrogen-bond donors (Lipinski definition) is 2. The summed E-state index contributed by atoms with van der Waals surface area (Å²) in [7, 11) is 0. The molecule has 0 spiro atoms. The van der Waals surface area contributed by atoms with Crippen LogP contribution in [-0.2, 0) is 5.75 Å². The fourth-order valence-electron chi connectivity index (χ4n) is 2.73. The minimum Gasteiger partial charge on any atom is -0.378 e. The number of nitrogens with two attached hydrogens (primary N) is 1. The van der Waals surface area contributed by atoms with Gasteiger partial charge in [0.15, 0.2) is 5.69 Å². The molecular formula is C20H19N9O2S. The summed E-state index contributed by atoms with van der Waals surface area (Å²) in [6.07, 6.45) is 3.32. The first-order chi connectivity index (χ1) is 15.5. The summed E-state index contributed by atoms with van der Waals surface area (Å²) in [5, 5.41) is 19.6. The van der Waals surface area contributed by atoms with E-state index < -0.39 is 5.91 Å². The summed E-state index contributed by atoms with van der Waals surface area (Å²) in [6.45, 7) is 3.79. The fourth-order valence-corrected chi connectivity index (χ4v) is 3.62. The lowest BCUT2D eigenvalue weighted by Gasteiger charge is -2.06. The van der Waals surface area contributed by atoms with Crippen molar-refractivity contribution in [1.82, 2.24) is 35.7 Å². The van der Waals surface area contributed by atoms with Gasteiger partial charge in [-0.3, -0.25) is 9.78 Å². The number of rotatable bonds is 7. The van der Waals surface area contributed by atoms with Gasteiger partial charge in [0.2, 0.25) is 11.6 Å². The molecule has 0 bridgehead atoms. The van der Waals surface area contributed by atoms with Gasteiger partial charge in [0.05, 0.1) is 11.4 Å². The number of carbonyl (C=O) groups is 1. The highest BCUT2D eigenvalue weighted by molar-refractivity contribution is 7.98. The third-order valence-corrected chi connectivity index (χ3v) is 5.50. The fraction of sp³-hybridized carbons (Fsp3) is 0.150. The van der Waals surface area contributed by atoms with Crippen LogP contribution in [0.3, 0.4) is 0 Å². The number of hydrogen-bond acceptors (Lipinski definition) is 10. The molecule has 12 heteroatoms. The first-order valence-corrected chi connectivity index (χ1v) is 10.5. The average Bonchev–Trinajstić information content (AvgIpc) is 3.43. The number of pyridine rings is 1. The van der Waals surface area contributed by atoms with Crippen LogP contribution in [0.4, 0.5) is 5.82 Å². The van der Waals surface area contributed by atoms with Crippen molar-refractivity contribution < 1.29 is 9.42 Å². The van der Waals surface area contributed by atoms with Crippen LogP contribution in [-0.4, -0.2) is 41.9 Å². The molecule has 0 unspecified atom stereocenters. The van der Waals surface area contributed by atoms with Gasteiger partial charge in [0.1, 0.15) is 0 Å². The second kappa shape index (κ2) is 9.39. The Kier molecular flexibility index (Phi) is 6.22. The van der Waals surface area contributed by atoms with Gasteiger partial charge in [0.25, 0.3) is 5.91 Å². The van der Waals surface area contributed by atoms with Gasteiger partial charge in [-0.05, 0) is 42.4 Å². The molecule has 3 N–H and O–H groups in total. The number of aryl methyl sites for hydroxylation is 1. The summed E-state index contributed by atoms with van der Waals surface area (Å²) in [5.74, 6) is 0.0465. The van der Waals surface area contributed by atoms with Crippen molar-refractivity contribution in [3.63, 3.8) is 0 Å². The minimum atomic E-state index is -0.519. The van der Waals surface area contributed by atoms with E-state index in [1.165, 1.54) is 16.4 Å². The second-order valence-electron chi connectivity index (χ2n) is 6.75. The maximum Gasteiger partial charge on any atom is 0.293 e. The predicted molar refractivity (Wildman–Crippen MR) is 118 cm³/mol. The van der Waals surface area contributed by atoms with Crippen molar-refractivity contribution in [2.45, 2.75) is 24.5 Å². The van der Waals surface area contributed by atoms with Gasteiger partial charge in [-0.2, -0.15) is 9.78 Å². The van der Waals surface area contributed by atoms with Crippen molar-refractivity contribution in [2.24, 2.45) is 5.10 Å². The highest BCUT2D eigenvalue weighted by Crippen LogP contribution is 2.26. The average molecular weight is 450 g/mol. The highest BCUT2D eigenvalue weighted by Gasteiger charge is 2.24. The van der Waals surface area contributed by atoms with E-state index in [9.17, 15) is 4.79 Å². The molecule has 0 aliphatic carbocycles. The molecule has 1 aromatic carbocycles. The molecule has 0 radical (unpaired) electrons. The molecule has 3 heterocycles. The highest BCUT2D eigenvalue weighted by atomic mass is 32.2. The Morgan fingerprint density at radius 2 is 2.06 bits per heavy atom. The van der Waals surface area contributed by atoms with Crippen LogP contribution in [0, 0.1) is 6.92 Å². The molecule has 4 rings (SSSR count). The lowest BCUT2D eigenvalue weighted by Crippen LogP contribution is -2.21. The molecule has 0 atom stereocenters. The van der Waals surface area contributed by atoms with E-state index in [1.54, 1.807) is 25.4 Å². The Morgan fingerprint density at radius 3 is 2.75 bits per heavy atom. The topological polar surface area (TPSA) is 150 Å². The van der Waals surface area contributed by atoms with E-state index in [0.717, 1.165) is 16.0 Å². The number of aromatic nitrogens is 6. The molecule has 0 saturated heterocycles. The standard InChI is InChI=1S/C20H19N9O2S/c1-12-5-7-15(8-6-12)32-11-16-17(24-28-29(16)19-18(21)26-31-27-19)20(30)25-23-13(2)14-4-3-9-22-10-14/h3-10H,11H2,1-2H3,(H2,21,26)(H,25,30)/b23-13+. The Balaban J connectivity index is 1.60. The van der Waals surface area contributed by atoms with Gasteiger partial charge in [0, 0.05) is 28.6 Å². The van der Waals surface area contributed by atoms with Gasteiger partial charge in [-0.25, -0.2) is 10.1 Å². The van der Waals surface area contributed by atoms with E-state index in [-0.39, 0.29) is 17.3 Å². The molecule has 0 saturated carbocycles. The Labute approximate surface area is 187 Å². The third-order valence-electron chi connectivity index (χ3n) is 4.48. The molecular weight excluding hydrogens is 430 g/mol. The number of carbonyl (C=O) groups excluding carboxylic acids is 1. The SMILES string of the molecule is C/C(=N\NC(=O)c1nnn(-c2nonc2N)c1CSc1ccc(C)cc1)c1cccnc1. The maximum atomic E-state index is 12.9. The van der Waals surface area contributed by atoms with Crippen molar-refractivity contribution >= 4 is 29.2 Å². The number of nitrogens with zero attached hydrogens (tertiary/aromatic N) is 7. The number of nitrogens with one attached hydrogen (secondary N) is 1. The predicted octanol–water partition coefficient (Wildman–Crippen LogP) is 2.38. The molecule has 4 aromatic rings. The van der Waals surface area contributed by atoms with Crippen molar-refractivity contribution in [2.75, 3.05) is 5.73 Å². The van der Waals surface area contributed by atoms with Crippen LogP contribution >= 0.6 is 11.8 Å². The number of benzene rings is 1. The zero-order valence-electron chi connectivity index (χ0n) is 17.3. The zero-order valence-corrected chi connectivity index (χ0v) is 18.1. The molecule has 3 aromatic heterocycles. The molecule has 0 aliphatic heterocycles. The summed E-state index contributed by atoms with van der Waals surface area (Å²) >= 11 is 1.51. The second-order valence-corrected chi connectivity index (χ2v) is 7.80. The van der Waals surface area contributed by atoms with E-state index in [4.69, 9.17) is 5.73 Å². The molecule has 162 valence electrons. The monoisotopic (exact) mass is 449 g/mol. The first kappa shape index (κ1) is 21.2. The molecule has 0 fully saturated rings. The molecule has 0 aliphatic rings. The maximum absolute atomic E-state index is 12.9. The van der Waals surface area contributed by atoms with Crippen LogP contribution in [0.25, 0.3) is 5.82 Å². The van der Waals surface area contributed by atoms with E-state index in [1.807, 2.05) is 37.3 Å². The summed E-state index contributed by atoms with van der Waals surface area (Å²) in [4.78, 5) is 17.9. The number of nitrogen functional groups attached to an aromatic ring is 1. The van der Waals surface area contributed by atoms with Crippen LogP contribution in [0.1, 0.15) is 34.2 Å². The lowest BCUT2D eigenvalue weighted by molar-refractivity contribution is 0.0949. The smallest absolute Gasteiger partial charge is 0.293 e. The molecule has 11 nitrogen and oxygen atoms in total. The summed E-state index contributed by atoms with van der Waals surface area (Å²) in [5.41, 5.74) is 11.5. The van der Waals surface area contributed by atoms with Crippen molar-refractivity contribution in [1.29, 1.82) is 0 Å². The minimum absolute atomic E-state index is 0.0360.